The molecule has 0 bridgehead atoms. The van der Waals surface area contributed by atoms with Gasteiger partial charge in [0.15, 0.2) is 0 Å². The van der Waals surface area contributed by atoms with Gasteiger partial charge in [-0.25, -0.2) is 0 Å². The highest BCUT2D eigenvalue weighted by Crippen LogP contribution is 2.30. The van der Waals surface area contributed by atoms with E-state index in [2.05, 4.69) is 0 Å². The van der Waals surface area contributed by atoms with Crippen molar-refractivity contribution < 1.29 is 14.3 Å². The average molecular weight is 346 g/mol. The number of aromatic nitrogens is 2. The first kappa shape index (κ1) is 16.6. The molecule has 0 saturated carbocycles. The topological polar surface area (TPSA) is 67.7 Å². The van der Waals surface area contributed by atoms with Crippen LogP contribution >= 0.6 is 0 Å². The van der Waals surface area contributed by atoms with Crippen molar-refractivity contribution in [1.29, 1.82) is 0 Å². The predicted molar refractivity (Wildman–Crippen MR) is 91.3 cm³/mol. The minimum absolute atomic E-state index is 0.0494. The van der Waals surface area contributed by atoms with E-state index in [1.54, 1.807) is 4.90 Å². The number of amides is 2. The normalized spacial score (nSPS) is 25.2. The van der Waals surface area contributed by atoms with Crippen LogP contribution in [0.5, 0.6) is 0 Å². The lowest BCUT2D eigenvalue weighted by Crippen LogP contribution is -2.41. The molecule has 2 fully saturated rings. The van der Waals surface area contributed by atoms with Crippen LogP contribution in [0.1, 0.15) is 47.8 Å². The second-order valence-corrected chi connectivity index (χ2v) is 7.42. The summed E-state index contributed by atoms with van der Waals surface area (Å²) in [6.07, 6.45) is 3.62. The molecule has 0 spiro atoms. The molecular formula is C18H26N4O3. The Labute approximate surface area is 147 Å². The summed E-state index contributed by atoms with van der Waals surface area (Å²) in [4.78, 5) is 28.7. The predicted octanol–water partition coefficient (Wildman–Crippen LogP) is 1.10. The van der Waals surface area contributed by atoms with Crippen LogP contribution in [0.4, 0.5) is 0 Å². The third-order valence-electron chi connectivity index (χ3n) is 5.73. The lowest BCUT2D eigenvalue weighted by atomic mass is 9.92. The van der Waals surface area contributed by atoms with E-state index < -0.39 is 0 Å². The third-order valence-corrected chi connectivity index (χ3v) is 5.73. The molecule has 0 unspecified atom stereocenters. The molecule has 25 heavy (non-hydrogen) atoms. The van der Waals surface area contributed by atoms with Gasteiger partial charge < -0.3 is 14.5 Å². The van der Waals surface area contributed by atoms with Crippen LogP contribution in [-0.2, 0) is 16.1 Å². The van der Waals surface area contributed by atoms with Gasteiger partial charge in [-0.05, 0) is 31.7 Å². The van der Waals surface area contributed by atoms with Gasteiger partial charge in [0.1, 0.15) is 5.69 Å². The van der Waals surface area contributed by atoms with Crippen LogP contribution in [0, 0.1) is 5.92 Å². The van der Waals surface area contributed by atoms with Crippen LogP contribution in [0.15, 0.2) is 6.07 Å². The molecule has 3 aliphatic heterocycles. The van der Waals surface area contributed by atoms with Crippen molar-refractivity contribution in [3.8, 4) is 0 Å². The zero-order valence-electron chi connectivity index (χ0n) is 14.8. The average Bonchev–Trinajstić information content (AvgIpc) is 3.28. The van der Waals surface area contributed by atoms with Gasteiger partial charge in [0, 0.05) is 45.8 Å². The highest BCUT2D eigenvalue weighted by molar-refractivity contribution is 5.92. The lowest BCUT2D eigenvalue weighted by molar-refractivity contribution is -0.136. The van der Waals surface area contributed by atoms with Crippen molar-refractivity contribution in [2.45, 2.75) is 38.1 Å². The quantitative estimate of drug-likeness (QED) is 0.804. The third kappa shape index (κ3) is 3.17. The zero-order chi connectivity index (χ0) is 17.4. The van der Waals surface area contributed by atoms with Crippen molar-refractivity contribution in [1.82, 2.24) is 19.6 Å². The number of piperidine rings is 1. The summed E-state index contributed by atoms with van der Waals surface area (Å²) in [5.74, 6) is 0.688. The Hall–Kier alpha value is -1.89. The molecule has 1 aromatic heterocycles. The number of ether oxygens (including phenoxy) is 1. The summed E-state index contributed by atoms with van der Waals surface area (Å²) in [6, 6.07) is 1.97. The van der Waals surface area contributed by atoms with Gasteiger partial charge in [-0.2, -0.15) is 5.10 Å². The number of rotatable bonds is 2. The van der Waals surface area contributed by atoms with Crippen LogP contribution < -0.4 is 0 Å². The molecule has 0 aromatic carbocycles. The molecule has 3 aliphatic rings. The smallest absolute Gasteiger partial charge is 0.271 e. The molecular weight excluding hydrogens is 320 g/mol. The second-order valence-electron chi connectivity index (χ2n) is 7.42. The standard InChI is InChI=1S/C18H26N4O3/c1-20-6-2-7-22-16(18(20)24)11-15(19-22)13-3-8-21(9-4-13)17(23)14-5-10-25-12-14/h11,13-14H,2-10,12H2,1H3/t14-/m1/s1. The molecule has 2 saturated heterocycles. The van der Waals surface area contributed by atoms with Gasteiger partial charge in [0.2, 0.25) is 5.91 Å². The first-order valence-electron chi connectivity index (χ1n) is 9.33. The fourth-order valence-electron chi connectivity index (χ4n) is 4.12. The van der Waals surface area contributed by atoms with Gasteiger partial charge >= 0.3 is 0 Å². The number of hydrogen-bond donors (Lipinski definition) is 0. The number of hydrogen-bond acceptors (Lipinski definition) is 4. The Morgan fingerprint density at radius 2 is 2.00 bits per heavy atom. The summed E-state index contributed by atoms with van der Waals surface area (Å²) in [5.41, 5.74) is 1.71. The molecule has 2 amide bonds. The van der Waals surface area contributed by atoms with E-state index in [0.717, 1.165) is 57.6 Å². The van der Waals surface area contributed by atoms with E-state index in [1.165, 1.54) is 0 Å². The van der Waals surface area contributed by atoms with E-state index in [-0.39, 0.29) is 17.7 Å². The Bertz CT molecular complexity index is 657. The zero-order valence-corrected chi connectivity index (χ0v) is 14.8. The number of carbonyl (C=O) groups is 2. The largest absolute Gasteiger partial charge is 0.381 e. The fourth-order valence-corrected chi connectivity index (χ4v) is 4.12. The summed E-state index contributed by atoms with van der Waals surface area (Å²) < 4.78 is 7.21. The van der Waals surface area contributed by atoms with E-state index in [4.69, 9.17) is 9.84 Å². The number of carbonyl (C=O) groups excluding carboxylic acids is 2. The van der Waals surface area contributed by atoms with Crippen molar-refractivity contribution in [2.24, 2.45) is 5.92 Å². The highest BCUT2D eigenvalue weighted by atomic mass is 16.5. The van der Waals surface area contributed by atoms with E-state index >= 15 is 0 Å². The van der Waals surface area contributed by atoms with Crippen molar-refractivity contribution in [2.75, 3.05) is 39.9 Å². The van der Waals surface area contributed by atoms with Crippen LogP contribution in [0.2, 0.25) is 0 Å². The van der Waals surface area contributed by atoms with Crippen LogP contribution in [0.3, 0.4) is 0 Å². The summed E-state index contributed by atoms with van der Waals surface area (Å²) >= 11 is 0. The van der Waals surface area contributed by atoms with Crippen molar-refractivity contribution in [3.63, 3.8) is 0 Å². The molecule has 0 aliphatic carbocycles. The maximum atomic E-state index is 12.5. The number of likely N-dealkylation sites (tertiary alicyclic amines) is 1. The molecule has 0 N–H and O–H groups in total. The van der Waals surface area contributed by atoms with Crippen LogP contribution in [-0.4, -0.2) is 71.3 Å². The summed E-state index contributed by atoms with van der Waals surface area (Å²) in [7, 11) is 1.85. The molecule has 1 atom stereocenters. The first-order valence-corrected chi connectivity index (χ1v) is 9.33. The molecule has 136 valence electrons. The molecule has 0 radical (unpaired) electrons. The number of nitrogens with zero attached hydrogens (tertiary/aromatic N) is 4. The summed E-state index contributed by atoms with van der Waals surface area (Å²) in [6.45, 7) is 4.40. The Morgan fingerprint density at radius 1 is 1.20 bits per heavy atom. The SMILES string of the molecule is CN1CCCn2nc(C3CCN(C(=O)[C@@H]4CCOC4)CC3)cc2C1=O. The highest BCUT2D eigenvalue weighted by Gasteiger charge is 2.32. The second kappa shape index (κ2) is 6.78. The maximum Gasteiger partial charge on any atom is 0.271 e. The van der Waals surface area contributed by atoms with Gasteiger partial charge in [0.25, 0.3) is 5.91 Å². The molecule has 4 rings (SSSR count). The van der Waals surface area contributed by atoms with E-state index in [1.807, 2.05) is 22.7 Å². The van der Waals surface area contributed by atoms with Crippen molar-refractivity contribution >= 4 is 11.8 Å². The van der Waals surface area contributed by atoms with Gasteiger partial charge in [-0.1, -0.05) is 0 Å². The number of aryl methyl sites for hydroxylation is 1. The van der Waals surface area contributed by atoms with Crippen LogP contribution in [0.25, 0.3) is 0 Å². The fraction of sp³-hybridized carbons (Fsp3) is 0.722. The summed E-state index contributed by atoms with van der Waals surface area (Å²) in [5, 5.41) is 4.71. The monoisotopic (exact) mass is 346 g/mol. The Balaban J connectivity index is 1.41. The van der Waals surface area contributed by atoms with E-state index in [9.17, 15) is 9.59 Å². The van der Waals surface area contributed by atoms with E-state index in [0.29, 0.717) is 24.8 Å². The number of fused-ring (bicyclic) bond motifs is 1. The molecule has 4 heterocycles. The van der Waals surface area contributed by atoms with Crippen molar-refractivity contribution in [3.05, 3.63) is 17.5 Å². The minimum atomic E-state index is 0.0494. The first-order chi connectivity index (χ1) is 12.1. The minimum Gasteiger partial charge on any atom is -0.381 e. The Kier molecular flexibility index (Phi) is 4.50. The molecule has 1 aromatic rings. The van der Waals surface area contributed by atoms with Gasteiger partial charge in [0.05, 0.1) is 18.2 Å². The lowest BCUT2D eigenvalue weighted by Gasteiger charge is -2.32. The maximum absolute atomic E-state index is 12.5. The Morgan fingerprint density at radius 3 is 2.72 bits per heavy atom. The molecule has 7 heteroatoms. The van der Waals surface area contributed by atoms with Gasteiger partial charge in [-0.15, -0.1) is 0 Å². The van der Waals surface area contributed by atoms with Gasteiger partial charge in [-0.3, -0.25) is 14.3 Å². The molecule has 7 nitrogen and oxygen atoms in total.